The summed E-state index contributed by atoms with van der Waals surface area (Å²) in [6, 6.07) is 14.8. The molecule has 1 aromatic heterocycles. The average molecular weight is 287 g/mol. The topological polar surface area (TPSA) is 17.8 Å². The van der Waals surface area contributed by atoms with E-state index in [9.17, 15) is 0 Å². The fourth-order valence-corrected chi connectivity index (χ4v) is 2.66. The molecule has 0 saturated heterocycles. The van der Waals surface area contributed by atoms with Crippen LogP contribution in [-0.2, 0) is 7.05 Å². The van der Waals surface area contributed by atoms with Crippen molar-refractivity contribution in [2.45, 2.75) is 0 Å². The van der Waals surface area contributed by atoms with Gasteiger partial charge in [-0.2, -0.15) is 0 Å². The van der Waals surface area contributed by atoms with Gasteiger partial charge in [0.25, 0.3) is 0 Å². The summed E-state index contributed by atoms with van der Waals surface area (Å²) in [5, 5.41) is 2.51. The second-order valence-corrected chi connectivity index (χ2v) is 4.81. The Morgan fingerprint density at radius 1 is 1.06 bits per heavy atom. The molecule has 2 aromatic carbocycles. The molecule has 0 bridgehead atoms. The fourth-order valence-electron chi connectivity index (χ4n) is 2.06. The standard InChI is InChI=1S/C14H11BrN2/c1-17-9-16-14(15)13(17)12-7-6-10-4-2-3-5-11(10)8-12/h2-9H,1H3. The molecule has 0 aliphatic carbocycles. The van der Waals surface area contributed by atoms with Crippen LogP contribution in [0.25, 0.3) is 22.0 Å². The van der Waals surface area contributed by atoms with E-state index in [1.54, 1.807) is 0 Å². The number of benzene rings is 2. The minimum absolute atomic E-state index is 0.885. The number of aromatic nitrogens is 2. The van der Waals surface area contributed by atoms with Crippen LogP contribution >= 0.6 is 15.9 Å². The molecule has 0 N–H and O–H groups in total. The van der Waals surface area contributed by atoms with E-state index in [0.717, 1.165) is 10.3 Å². The first-order valence-corrected chi connectivity index (χ1v) is 6.21. The van der Waals surface area contributed by atoms with E-state index in [-0.39, 0.29) is 0 Å². The molecule has 0 aliphatic rings. The van der Waals surface area contributed by atoms with E-state index in [1.807, 2.05) is 17.9 Å². The SMILES string of the molecule is Cn1cnc(Br)c1-c1ccc2ccccc2c1. The third-order valence-corrected chi connectivity index (χ3v) is 3.50. The van der Waals surface area contributed by atoms with E-state index in [0.29, 0.717) is 0 Å². The first kappa shape index (κ1) is 10.5. The van der Waals surface area contributed by atoms with Crippen LogP contribution in [0.15, 0.2) is 53.4 Å². The largest absolute Gasteiger partial charge is 0.333 e. The lowest BCUT2D eigenvalue weighted by atomic mass is 10.1. The summed E-state index contributed by atoms with van der Waals surface area (Å²) in [4.78, 5) is 4.25. The van der Waals surface area contributed by atoms with Gasteiger partial charge in [0, 0.05) is 12.6 Å². The number of hydrogen-bond donors (Lipinski definition) is 0. The molecule has 2 nitrogen and oxygen atoms in total. The maximum atomic E-state index is 4.25. The summed E-state index contributed by atoms with van der Waals surface area (Å²) in [6.07, 6.45) is 1.81. The minimum Gasteiger partial charge on any atom is -0.333 e. The van der Waals surface area contributed by atoms with Crippen molar-refractivity contribution in [1.29, 1.82) is 0 Å². The zero-order chi connectivity index (χ0) is 11.8. The highest BCUT2D eigenvalue weighted by Crippen LogP contribution is 2.29. The number of rotatable bonds is 1. The van der Waals surface area contributed by atoms with E-state index < -0.39 is 0 Å². The van der Waals surface area contributed by atoms with Gasteiger partial charge in [0.15, 0.2) is 0 Å². The van der Waals surface area contributed by atoms with Crippen molar-refractivity contribution in [2.24, 2.45) is 7.05 Å². The third-order valence-electron chi connectivity index (χ3n) is 2.92. The smallest absolute Gasteiger partial charge is 0.132 e. The summed E-state index contributed by atoms with van der Waals surface area (Å²) in [5.74, 6) is 0. The molecule has 3 aromatic rings. The van der Waals surface area contributed by atoms with Gasteiger partial charge in [-0.15, -0.1) is 0 Å². The second kappa shape index (κ2) is 4.00. The molecular formula is C14H11BrN2. The zero-order valence-electron chi connectivity index (χ0n) is 9.39. The van der Waals surface area contributed by atoms with Crippen LogP contribution in [0.4, 0.5) is 0 Å². The van der Waals surface area contributed by atoms with Crippen molar-refractivity contribution < 1.29 is 0 Å². The lowest BCUT2D eigenvalue weighted by molar-refractivity contribution is 0.921. The fraction of sp³-hybridized carbons (Fsp3) is 0.0714. The van der Waals surface area contributed by atoms with Crippen molar-refractivity contribution in [3.8, 4) is 11.3 Å². The number of halogens is 1. The van der Waals surface area contributed by atoms with Crippen LogP contribution in [0.3, 0.4) is 0 Å². The van der Waals surface area contributed by atoms with E-state index in [2.05, 4.69) is 63.4 Å². The average Bonchev–Trinajstić information content (AvgIpc) is 2.68. The Bertz CT molecular complexity index is 666. The Morgan fingerprint density at radius 3 is 2.53 bits per heavy atom. The quantitative estimate of drug-likeness (QED) is 0.661. The number of imidazole rings is 1. The molecule has 17 heavy (non-hydrogen) atoms. The first-order valence-electron chi connectivity index (χ1n) is 5.42. The summed E-state index contributed by atoms with van der Waals surface area (Å²) in [7, 11) is 2.00. The highest BCUT2D eigenvalue weighted by Gasteiger charge is 2.08. The van der Waals surface area contributed by atoms with Crippen LogP contribution in [0.1, 0.15) is 0 Å². The third kappa shape index (κ3) is 1.76. The minimum atomic E-state index is 0.885. The van der Waals surface area contributed by atoms with Gasteiger partial charge in [-0.1, -0.05) is 36.4 Å². The van der Waals surface area contributed by atoms with Crippen molar-refractivity contribution in [3.63, 3.8) is 0 Å². The number of nitrogens with zero attached hydrogens (tertiary/aromatic N) is 2. The van der Waals surface area contributed by atoms with Gasteiger partial charge >= 0.3 is 0 Å². The molecule has 0 unspecified atom stereocenters. The van der Waals surface area contributed by atoms with Crippen LogP contribution in [0, 0.1) is 0 Å². The molecular weight excluding hydrogens is 276 g/mol. The maximum absolute atomic E-state index is 4.25. The molecule has 0 amide bonds. The number of fused-ring (bicyclic) bond motifs is 1. The van der Waals surface area contributed by atoms with E-state index in [1.165, 1.54) is 16.3 Å². The number of aryl methyl sites for hydroxylation is 1. The molecule has 3 heteroatoms. The number of hydrogen-bond acceptors (Lipinski definition) is 1. The summed E-state index contributed by atoms with van der Waals surface area (Å²) in [6.45, 7) is 0. The monoisotopic (exact) mass is 286 g/mol. The zero-order valence-corrected chi connectivity index (χ0v) is 11.0. The normalized spacial score (nSPS) is 10.9. The Labute approximate surface area is 108 Å². The Kier molecular flexibility index (Phi) is 2.48. The van der Waals surface area contributed by atoms with Crippen molar-refractivity contribution in [1.82, 2.24) is 9.55 Å². The predicted octanol–water partition coefficient (Wildman–Crippen LogP) is 4.00. The molecule has 0 spiro atoms. The van der Waals surface area contributed by atoms with Crippen LogP contribution < -0.4 is 0 Å². The maximum Gasteiger partial charge on any atom is 0.132 e. The molecule has 0 saturated carbocycles. The van der Waals surface area contributed by atoms with Gasteiger partial charge in [0.1, 0.15) is 4.60 Å². The molecule has 3 rings (SSSR count). The Balaban J connectivity index is 2.25. The molecule has 0 aliphatic heterocycles. The van der Waals surface area contributed by atoms with Gasteiger partial charge in [0.05, 0.1) is 12.0 Å². The van der Waals surface area contributed by atoms with Crippen molar-refractivity contribution in [2.75, 3.05) is 0 Å². The summed E-state index contributed by atoms with van der Waals surface area (Å²) >= 11 is 3.49. The van der Waals surface area contributed by atoms with Gasteiger partial charge < -0.3 is 4.57 Å². The Morgan fingerprint density at radius 2 is 1.82 bits per heavy atom. The van der Waals surface area contributed by atoms with Crippen LogP contribution in [-0.4, -0.2) is 9.55 Å². The summed E-state index contributed by atoms with van der Waals surface area (Å²) in [5.41, 5.74) is 2.28. The molecule has 84 valence electrons. The molecule has 0 radical (unpaired) electrons. The Hall–Kier alpha value is -1.61. The van der Waals surface area contributed by atoms with Crippen LogP contribution in [0.2, 0.25) is 0 Å². The van der Waals surface area contributed by atoms with Crippen LogP contribution in [0.5, 0.6) is 0 Å². The molecule has 0 fully saturated rings. The lowest BCUT2D eigenvalue weighted by Gasteiger charge is -2.05. The van der Waals surface area contributed by atoms with E-state index >= 15 is 0 Å². The van der Waals surface area contributed by atoms with Gasteiger partial charge in [0.2, 0.25) is 0 Å². The highest BCUT2D eigenvalue weighted by molar-refractivity contribution is 9.10. The lowest BCUT2D eigenvalue weighted by Crippen LogP contribution is -1.89. The van der Waals surface area contributed by atoms with Crippen molar-refractivity contribution >= 4 is 26.7 Å². The van der Waals surface area contributed by atoms with Crippen molar-refractivity contribution in [3.05, 3.63) is 53.4 Å². The predicted molar refractivity (Wildman–Crippen MR) is 73.9 cm³/mol. The molecule has 1 heterocycles. The highest BCUT2D eigenvalue weighted by atomic mass is 79.9. The first-order chi connectivity index (χ1) is 8.25. The molecule has 0 atom stereocenters. The van der Waals surface area contributed by atoms with E-state index in [4.69, 9.17) is 0 Å². The van der Waals surface area contributed by atoms with Gasteiger partial charge in [-0.25, -0.2) is 4.98 Å². The summed E-state index contributed by atoms with van der Waals surface area (Å²) < 4.78 is 2.91. The second-order valence-electron chi connectivity index (χ2n) is 4.06. The van der Waals surface area contributed by atoms with Gasteiger partial charge in [-0.05, 0) is 32.8 Å². The van der Waals surface area contributed by atoms with Gasteiger partial charge in [-0.3, -0.25) is 0 Å².